The molecule has 5 heteroatoms. The molecular formula is C21H30N4O. The van der Waals surface area contributed by atoms with Crippen LogP contribution in [0.3, 0.4) is 0 Å². The molecule has 1 saturated carbocycles. The molecule has 0 bridgehead atoms. The normalized spacial score (nSPS) is 23.0. The minimum atomic E-state index is 0.294. The second-order valence-electron chi connectivity index (χ2n) is 7.24. The van der Waals surface area contributed by atoms with E-state index >= 15 is 0 Å². The smallest absolute Gasteiger partial charge is 0.128 e. The first-order valence-electron chi connectivity index (χ1n) is 9.63. The zero-order valence-electron chi connectivity index (χ0n) is 15.8. The van der Waals surface area contributed by atoms with Crippen LogP contribution in [0.25, 0.3) is 0 Å². The van der Waals surface area contributed by atoms with E-state index in [1.54, 1.807) is 6.20 Å². The van der Waals surface area contributed by atoms with Crippen molar-refractivity contribution in [3.8, 4) is 0 Å². The van der Waals surface area contributed by atoms with Crippen LogP contribution < -0.4 is 10.6 Å². The van der Waals surface area contributed by atoms with E-state index in [0.717, 1.165) is 24.6 Å². The van der Waals surface area contributed by atoms with Gasteiger partial charge >= 0.3 is 0 Å². The molecule has 0 spiro atoms. The van der Waals surface area contributed by atoms with Gasteiger partial charge in [0.05, 0.1) is 17.9 Å². The highest BCUT2D eigenvalue weighted by Crippen LogP contribution is 2.36. The van der Waals surface area contributed by atoms with E-state index < -0.39 is 0 Å². The molecule has 2 atom stereocenters. The van der Waals surface area contributed by atoms with Gasteiger partial charge in [-0.05, 0) is 51.0 Å². The van der Waals surface area contributed by atoms with Crippen LogP contribution in [0.1, 0.15) is 50.4 Å². The van der Waals surface area contributed by atoms with Gasteiger partial charge in [0.1, 0.15) is 5.82 Å². The Kier molecular flexibility index (Phi) is 6.58. The van der Waals surface area contributed by atoms with Crippen molar-refractivity contribution < 1.29 is 4.74 Å². The summed E-state index contributed by atoms with van der Waals surface area (Å²) in [6.07, 6.45) is 6.31. The maximum Gasteiger partial charge on any atom is 0.128 e. The Morgan fingerprint density at radius 2 is 1.85 bits per heavy atom. The van der Waals surface area contributed by atoms with E-state index in [1.165, 1.54) is 25.0 Å². The first-order valence-corrected chi connectivity index (χ1v) is 9.63. The monoisotopic (exact) mass is 354 g/mol. The van der Waals surface area contributed by atoms with Gasteiger partial charge in [0.2, 0.25) is 0 Å². The number of nitrogens with zero attached hydrogens (tertiary/aromatic N) is 3. The molecule has 2 unspecified atom stereocenters. The molecule has 26 heavy (non-hydrogen) atoms. The van der Waals surface area contributed by atoms with Crippen molar-refractivity contribution in [2.24, 2.45) is 5.73 Å². The Morgan fingerprint density at radius 3 is 2.38 bits per heavy atom. The quantitative estimate of drug-likeness (QED) is 0.914. The van der Waals surface area contributed by atoms with E-state index in [4.69, 9.17) is 15.5 Å². The SMILES string of the molecule is CC1CN(c2cccc(C3CCC3)n2)CC(C)O1.NCc1ccccn1. The van der Waals surface area contributed by atoms with Gasteiger partial charge in [0, 0.05) is 37.4 Å². The van der Waals surface area contributed by atoms with E-state index in [9.17, 15) is 0 Å². The van der Waals surface area contributed by atoms with Crippen LogP contribution in [0.5, 0.6) is 0 Å². The summed E-state index contributed by atoms with van der Waals surface area (Å²) in [7, 11) is 0. The first-order chi connectivity index (χ1) is 12.7. The summed E-state index contributed by atoms with van der Waals surface area (Å²) >= 11 is 0. The first kappa shape index (κ1) is 18.8. The molecule has 140 valence electrons. The molecule has 3 heterocycles. The molecule has 0 aromatic carbocycles. The fraction of sp³-hybridized carbons (Fsp3) is 0.524. The minimum Gasteiger partial charge on any atom is -0.372 e. The van der Waals surface area contributed by atoms with Gasteiger partial charge in [-0.1, -0.05) is 18.6 Å². The van der Waals surface area contributed by atoms with Crippen LogP contribution in [0.15, 0.2) is 42.6 Å². The highest BCUT2D eigenvalue weighted by atomic mass is 16.5. The molecule has 0 radical (unpaired) electrons. The summed E-state index contributed by atoms with van der Waals surface area (Å²) in [5, 5.41) is 0. The average Bonchev–Trinajstić information content (AvgIpc) is 2.61. The fourth-order valence-corrected chi connectivity index (χ4v) is 3.43. The molecular weight excluding hydrogens is 324 g/mol. The molecule has 1 aliphatic heterocycles. The van der Waals surface area contributed by atoms with Crippen molar-refractivity contribution in [1.82, 2.24) is 9.97 Å². The van der Waals surface area contributed by atoms with Gasteiger partial charge in [-0.3, -0.25) is 4.98 Å². The molecule has 0 amide bonds. The number of ether oxygens (including phenoxy) is 1. The number of pyridine rings is 2. The van der Waals surface area contributed by atoms with Crippen LogP contribution in [-0.4, -0.2) is 35.3 Å². The average molecular weight is 354 g/mol. The molecule has 2 aromatic heterocycles. The predicted molar refractivity (Wildman–Crippen MR) is 105 cm³/mol. The number of morpholine rings is 1. The van der Waals surface area contributed by atoms with Crippen LogP contribution >= 0.6 is 0 Å². The number of hydrogen-bond donors (Lipinski definition) is 1. The number of hydrogen-bond acceptors (Lipinski definition) is 5. The van der Waals surface area contributed by atoms with E-state index in [-0.39, 0.29) is 0 Å². The lowest BCUT2D eigenvalue weighted by molar-refractivity contribution is -0.00547. The Hall–Kier alpha value is -1.98. The Bertz CT molecular complexity index is 665. The number of nitrogens with two attached hydrogens (primary N) is 1. The summed E-state index contributed by atoms with van der Waals surface area (Å²) in [4.78, 5) is 11.2. The van der Waals surface area contributed by atoms with Crippen molar-refractivity contribution in [1.29, 1.82) is 0 Å². The molecule has 2 aromatic rings. The lowest BCUT2D eigenvalue weighted by Crippen LogP contribution is -2.45. The van der Waals surface area contributed by atoms with Gasteiger partial charge in [0.15, 0.2) is 0 Å². The maximum atomic E-state index is 5.78. The summed E-state index contributed by atoms with van der Waals surface area (Å²) in [5.74, 6) is 1.84. The minimum absolute atomic E-state index is 0.294. The van der Waals surface area contributed by atoms with E-state index in [0.29, 0.717) is 24.7 Å². The topological polar surface area (TPSA) is 64.3 Å². The predicted octanol–water partition coefficient (Wildman–Crippen LogP) is 3.50. The van der Waals surface area contributed by atoms with Crippen LogP contribution in [0.2, 0.25) is 0 Å². The molecule has 2 fully saturated rings. The highest BCUT2D eigenvalue weighted by molar-refractivity contribution is 5.41. The Labute approximate surface area is 156 Å². The fourth-order valence-electron chi connectivity index (χ4n) is 3.43. The largest absolute Gasteiger partial charge is 0.372 e. The van der Waals surface area contributed by atoms with Gasteiger partial charge in [-0.2, -0.15) is 0 Å². The second kappa shape index (κ2) is 9.10. The van der Waals surface area contributed by atoms with Crippen molar-refractivity contribution in [3.63, 3.8) is 0 Å². The molecule has 1 aliphatic carbocycles. The van der Waals surface area contributed by atoms with Crippen LogP contribution in [0.4, 0.5) is 5.82 Å². The van der Waals surface area contributed by atoms with Gasteiger partial charge < -0.3 is 15.4 Å². The van der Waals surface area contributed by atoms with Crippen molar-refractivity contribution >= 4 is 5.82 Å². The summed E-state index contributed by atoms with van der Waals surface area (Å²) < 4.78 is 5.78. The Morgan fingerprint density at radius 1 is 1.08 bits per heavy atom. The third-order valence-corrected chi connectivity index (χ3v) is 4.96. The van der Waals surface area contributed by atoms with Crippen LogP contribution in [0, 0.1) is 0 Å². The van der Waals surface area contributed by atoms with Gasteiger partial charge in [0.25, 0.3) is 0 Å². The van der Waals surface area contributed by atoms with E-state index in [2.05, 4.69) is 41.9 Å². The van der Waals surface area contributed by atoms with Gasteiger partial charge in [-0.15, -0.1) is 0 Å². The molecule has 5 nitrogen and oxygen atoms in total. The van der Waals surface area contributed by atoms with Crippen LogP contribution in [-0.2, 0) is 11.3 Å². The summed E-state index contributed by atoms with van der Waals surface area (Å²) in [6, 6.07) is 12.2. The van der Waals surface area contributed by atoms with Crippen molar-refractivity contribution in [2.45, 2.75) is 57.8 Å². The number of anilines is 1. The maximum absolute atomic E-state index is 5.78. The van der Waals surface area contributed by atoms with Crippen molar-refractivity contribution in [2.75, 3.05) is 18.0 Å². The zero-order chi connectivity index (χ0) is 18.4. The second-order valence-corrected chi connectivity index (χ2v) is 7.24. The third kappa shape index (κ3) is 5.02. The lowest BCUT2D eigenvalue weighted by atomic mass is 9.83. The standard InChI is InChI=1S/C15H22N2O.C6H8N2/c1-11-9-17(10-12(2)18-11)15-8-4-7-14(16-15)13-5-3-6-13;7-5-6-3-1-2-4-8-6/h4,7-8,11-13H,3,5-6,9-10H2,1-2H3;1-4H,5,7H2. The summed E-state index contributed by atoms with van der Waals surface area (Å²) in [6.45, 7) is 6.70. The number of rotatable bonds is 3. The molecule has 1 saturated heterocycles. The third-order valence-electron chi connectivity index (χ3n) is 4.96. The van der Waals surface area contributed by atoms with E-state index in [1.807, 2.05) is 18.2 Å². The molecule has 2 aliphatic rings. The van der Waals surface area contributed by atoms with Crippen molar-refractivity contribution in [3.05, 3.63) is 54.0 Å². The highest BCUT2D eigenvalue weighted by Gasteiger charge is 2.25. The zero-order valence-corrected chi connectivity index (χ0v) is 15.8. The molecule has 4 rings (SSSR count). The number of aromatic nitrogens is 2. The Balaban J connectivity index is 0.000000206. The van der Waals surface area contributed by atoms with Gasteiger partial charge in [-0.25, -0.2) is 4.98 Å². The lowest BCUT2D eigenvalue weighted by Gasteiger charge is -2.36. The molecule has 2 N–H and O–H groups in total. The summed E-state index contributed by atoms with van der Waals surface area (Å²) in [5.41, 5.74) is 7.51.